The molecule has 1 atom stereocenters. The molecule has 1 N–H and O–H groups in total. The van der Waals surface area contributed by atoms with E-state index in [1.54, 1.807) is 12.1 Å². The minimum Gasteiger partial charge on any atom is -0.497 e. The van der Waals surface area contributed by atoms with Gasteiger partial charge in [0.1, 0.15) is 11.6 Å². The third-order valence-electron chi connectivity index (χ3n) is 3.16. The first-order valence-electron chi connectivity index (χ1n) is 6.31. The van der Waals surface area contributed by atoms with Crippen LogP contribution >= 0.6 is 0 Å². The van der Waals surface area contributed by atoms with E-state index in [4.69, 9.17) is 4.74 Å². The summed E-state index contributed by atoms with van der Waals surface area (Å²) >= 11 is 0. The van der Waals surface area contributed by atoms with Gasteiger partial charge in [-0.2, -0.15) is 0 Å². The minimum absolute atomic E-state index is 0.183. The third kappa shape index (κ3) is 3.55. The van der Waals surface area contributed by atoms with Crippen LogP contribution in [0.2, 0.25) is 0 Å². The van der Waals surface area contributed by atoms with Crippen molar-refractivity contribution < 1.29 is 9.13 Å². The maximum atomic E-state index is 13.8. The molecule has 0 aliphatic carbocycles. The zero-order valence-electron chi connectivity index (χ0n) is 11.2. The number of methoxy groups -OCH3 is 1. The molecule has 0 radical (unpaired) electrons. The molecule has 2 aromatic rings. The van der Waals surface area contributed by atoms with Crippen LogP contribution in [-0.2, 0) is 6.54 Å². The van der Waals surface area contributed by atoms with Gasteiger partial charge in [-0.05, 0) is 18.6 Å². The number of benzene rings is 2. The molecule has 2 aromatic carbocycles. The monoisotopic (exact) mass is 259 g/mol. The van der Waals surface area contributed by atoms with E-state index in [1.807, 2.05) is 18.2 Å². The summed E-state index contributed by atoms with van der Waals surface area (Å²) in [5.74, 6) is 0.296. The Hall–Kier alpha value is -1.87. The van der Waals surface area contributed by atoms with Crippen LogP contribution < -0.4 is 10.1 Å². The van der Waals surface area contributed by atoms with Crippen LogP contribution in [0.25, 0.3) is 0 Å². The van der Waals surface area contributed by atoms with Crippen LogP contribution in [0, 0.1) is 5.82 Å². The highest BCUT2D eigenvalue weighted by atomic mass is 19.1. The van der Waals surface area contributed by atoms with Gasteiger partial charge in [-0.1, -0.05) is 36.4 Å². The maximum absolute atomic E-state index is 13.8. The van der Waals surface area contributed by atoms with Gasteiger partial charge in [0.25, 0.3) is 0 Å². The molecule has 0 aliphatic rings. The first-order valence-corrected chi connectivity index (χ1v) is 6.31. The highest BCUT2D eigenvalue weighted by Gasteiger charge is 2.07. The number of halogens is 1. The van der Waals surface area contributed by atoms with Crippen molar-refractivity contribution in [2.24, 2.45) is 0 Å². The molecular weight excluding hydrogens is 241 g/mol. The van der Waals surface area contributed by atoms with Crippen LogP contribution in [0.5, 0.6) is 5.75 Å². The lowest BCUT2D eigenvalue weighted by Crippen LogP contribution is -2.18. The van der Waals surface area contributed by atoms with Crippen LogP contribution in [0.4, 0.5) is 4.39 Å². The number of hydrogen-bond acceptors (Lipinski definition) is 2. The van der Waals surface area contributed by atoms with E-state index in [-0.39, 0.29) is 11.9 Å². The first-order chi connectivity index (χ1) is 9.20. The van der Waals surface area contributed by atoms with Crippen LogP contribution in [0.3, 0.4) is 0 Å². The Balaban J connectivity index is 1.99. The summed E-state index contributed by atoms with van der Waals surface area (Å²) in [6.07, 6.45) is 0. The summed E-state index contributed by atoms with van der Waals surface area (Å²) in [7, 11) is 1.53. The Bertz CT molecular complexity index is 528. The molecule has 2 rings (SSSR count). The van der Waals surface area contributed by atoms with E-state index in [9.17, 15) is 4.39 Å². The smallest absolute Gasteiger partial charge is 0.131 e. The number of rotatable bonds is 5. The van der Waals surface area contributed by atoms with Crippen molar-refractivity contribution in [2.75, 3.05) is 7.11 Å². The number of nitrogens with one attached hydrogen (secondary N) is 1. The van der Waals surface area contributed by atoms with E-state index in [2.05, 4.69) is 24.4 Å². The van der Waals surface area contributed by atoms with Crippen molar-refractivity contribution in [3.63, 3.8) is 0 Å². The van der Waals surface area contributed by atoms with Crippen LogP contribution in [0.15, 0.2) is 48.5 Å². The Morgan fingerprint density at radius 2 is 1.89 bits per heavy atom. The van der Waals surface area contributed by atoms with Crippen LogP contribution in [0.1, 0.15) is 24.1 Å². The molecule has 0 unspecified atom stereocenters. The highest BCUT2D eigenvalue weighted by molar-refractivity contribution is 5.29. The normalized spacial score (nSPS) is 12.2. The van der Waals surface area contributed by atoms with Gasteiger partial charge >= 0.3 is 0 Å². The Kier molecular flexibility index (Phi) is 4.53. The summed E-state index contributed by atoms with van der Waals surface area (Å²) in [5, 5.41) is 3.31. The lowest BCUT2D eigenvalue weighted by atomic mass is 10.1. The van der Waals surface area contributed by atoms with E-state index in [1.165, 1.54) is 18.7 Å². The second-order valence-electron chi connectivity index (χ2n) is 4.47. The summed E-state index contributed by atoms with van der Waals surface area (Å²) < 4.78 is 18.8. The third-order valence-corrected chi connectivity index (χ3v) is 3.16. The van der Waals surface area contributed by atoms with Gasteiger partial charge in [-0.25, -0.2) is 4.39 Å². The van der Waals surface area contributed by atoms with Crippen molar-refractivity contribution in [3.05, 3.63) is 65.5 Å². The van der Waals surface area contributed by atoms with Crippen molar-refractivity contribution in [1.82, 2.24) is 5.32 Å². The SMILES string of the molecule is COc1ccc(CN[C@H](C)c2ccccc2)c(F)c1. The molecule has 0 amide bonds. The summed E-state index contributed by atoms with van der Waals surface area (Å²) in [4.78, 5) is 0. The molecule has 0 saturated heterocycles. The average molecular weight is 259 g/mol. The highest BCUT2D eigenvalue weighted by Crippen LogP contribution is 2.17. The molecule has 0 aliphatic heterocycles. The predicted octanol–water partition coefficient (Wildman–Crippen LogP) is 3.69. The van der Waals surface area contributed by atoms with Gasteiger partial charge in [0.05, 0.1) is 7.11 Å². The van der Waals surface area contributed by atoms with E-state index in [0.29, 0.717) is 17.9 Å². The largest absolute Gasteiger partial charge is 0.497 e. The zero-order valence-corrected chi connectivity index (χ0v) is 11.2. The van der Waals surface area contributed by atoms with Gasteiger partial charge in [-0.15, -0.1) is 0 Å². The van der Waals surface area contributed by atoms with Crippen molar-refractivity contribution in [3.8, 4) is 5.75 Å². The fourth-order valence-electron chi connectivity index (χ4n) is 1.92. The van der Waals surface area contributed by atoms with Gasteiger partial charge in [0, 0.05) is 24.2 Å². The molecule has 0 fully saturated rings. The fraction of sp³-hybridized carbons (Fsp3) is 0.250. The van der Waals surface area contributed by atoms with E-state index < -0.39 is 0 Å². The summed E-state index contributed by atoms with van der Waals surface area (Å²) in [5.41, 5.74) is 1.83. The second kappa shape index (κ2) is 6.34. The zero-order chi connectivity index (χ0) is 13.7. The fourth-order valence-corrected chi connectivity index (χ4v) is 1.92. The number of ether oxygens (including phenoxy) is 1. The van der Waals surface area contributed by atoms with Crippen molar-refractivity contribution in [2.45, 2.75) is 19.5 Å². The lowest BCUT2D eigenvalue weighted by molar-refractivity contribution is 0.410. The number of hydrogen-bond donors (Lipinski definition) is 1. The van der Waals surface area contributed by atoms with Crippen molar-refractivity contribution >= 4 is 0 Å². The van der Waals surface area contributed by atoms with Crippen LogP contribution in [-0.4, -0.2) is 7.11 Å². The minimum atomic E-state index is -0.243. The van der Waals surface area contributed by atoms with E-state index >= 15 is 0 Å². The average Bonchev–Trinajstić information content (AvgIpc) is 2.46. The lowest BCUT2D eigenvalue weighted by Gasteiger charge is -2.14. The predicted molar refractivity (Wildman–Crippen MR) is 74.6 cm³/mol. The molecule has 100 valence electrons. The molecule has 0 heterocycles. The Morgan fingerprint density at radius 1 is 1.16 bits per heavy atom. The molecule has 0 bridgehead atoms. The molecule has 0 spiro atoms. The second-order valence-corrected chi connectivity index (χ2v) is 4.47. The molecular formula is C16H18FNO. The molecule has 19 heavy (non-hydrogen) atoms. The Labute approximate surface area is 113 Å². The van der Waals surface area contributed by atoms with Gasteiger partial charge in [0.15, 0.2) is 0 Å². The topological polar surface area (TPSA) is 21.3 Å². The van der Waals surface area contributed by atoms with E-state index in [0.717, 1.165) is 0 Å². The quantitative estimate of drug-likeness (QED) is 0.884. The maximum Gasteiger partial charge on any atom is 0.131 e. The first kappa shape index (κ1) is 13.6. The molecule has 0 saturated carbocycles. The van der Waals surface area contributed by atoms with Gasteiger partial charge in [-0.3, -0.25) is 0 Å². The Morgan fingerprint density at radius 3 is 2.53 bits per heavy atom. The van der Waals surface area contributed by atoms with Crippen molar-refractivity contribution in [1.29, 1.82) is 0 Å². The van der Waals surface area contributed by atoms with Gasteiger partial charge < -0.3 is 10.1 Å². The standard InChI is InChI=1S/C16H18FNO/c1-12(13-6-4-3-5-7-13)18-11-14-8-9-15(19-2)10-16(14)17/h3-10,12,18H,11H2,1-2H3/t12-/m1/s1. The molecule has 0 aromatic heterocycles. The summed E-state index contributed by atoms with van der Waals surface area (Å²) in [6.45, 7) is 2.56. The summed E-state index contributed by atoms with van der Waals surface area (Å²) in [6, 6.07) is 15.2. The molecule has 2 nitrogen and oxygen atoms in total. The molecule has 3 heteroatoms. The van der Waals surface area contributed by atoms with Gasteiger partial charge in [0.2, 0.25) is 0 Å².